The van der Waals surface area contributed by atoms with Crippen LogP contribution in [0.15, 0.2) is 30.3 Å². The van der Waals surface area contributed by atoms with E-state index < -0.39 is 5.54 Å². The van der Waals surface area contributed by atoms with E-state index in [-0.39, 0.29) is 18.3 Å². The monoisotopic (exact) mass is 284 g/mol. The first-order valence-electron chi connectivity index (χ1n) is 6.46. The van der Waals surface area contributed by atoms with Crippen LogP contribution in [0.5, 0.6) is 5.75 Å². The summed E-state index contributed by atoms with van der Waals surface area (Å²) in [5, 5.41) is 2.85. The normalized spacial score (nSPS) is 16.5. The molecule has 1 saturated carbocycles. The number of amides is 1. The highest BCUT2D eigenvalue weighted by Gasteiger charge is 2.36. The van der Waals surface area contributed by atoms with Crippen molar-refractivity contribution in [1.82, 2.24) is 5.32 Å². The lowest BCUT2D eigenvalue weighted by molar-refractivity contribution is -0.126. The third kappa shape index (κ3) is 4.40. The first-order chi connectivity index (χ1) is 8.71. The topological polar surface area (TPSA) is 64.4 Å². The lowest BCUT2D eigenvalue weighted by Gasteiger charge is -2.22. The Balaban J connectivity index is 0.00000180. The van der Waals surface area contributed by atoms with Gasteiger partial charge in [0.1, 0.15) is 12.4 Å². The van der Waals surface area contributed by atoms with Crippen LogP contribution in [0.3, 0.4) is 0 Å². The van der Waals surface area contributed by atoms with E-state index >= 15 is 0 Å². The van der Waals surface area contributed by atoms with Crippen molar-refractivity contribution in [1.29, 1.82) is 0 Å². The number of halogens is 1. The molecule has 0 atom stereocenters. The van der Waals surface area contributed by atoms with E-state index in [0.717, 1.165) is 31.4 Å². The standard InChI is InChI=1S/C14H20N2O2.ClH/c15-14(8-4-5-9-14)13(17)16-10-11-18-12-6-2-1-3-7-12;/h1-3,6-7H,4-5,8-11,15H2,(H,16,17);1H. The Hall–Kier alpha value is -1.26. The van der Waals surface area contributed by atoms with Crippen molar-refractivity contribution in [2.24, 2.45) is 5.73 Å². The molecule has 2 rings (SSSR count). The van der Waals surface area contributed by atoms with Crippen LogP contribution < -0.4 is 15.8 Å². The highest BCUT2D eigenvalue weighted by molar-refractivity contribution is 5.86. The number of benzene rings is 1. The first-order valence-corrected chi connectivity index (χ1v) is 6.46. The summed E-state index contributed by atoms with van der Waals surface area (Å²) in [4.78, 5) is 11.9. The predicted octanol–water partition coefficient (Wildman–Crippen LogP) is 1.87. The van der Waals surface area contributed by atoms with E-state index in [9.17, 15) is 4.79 Å². The Bertz CT molecular complexity index is 392. The highest BCUT2D eigenvalue weighted by atomic mass is 35.5. The number of nitrogens with two attached hydrogens (primary N) is 1. The number of para-hydroxylation sites is 1. The van der Waals surface area contributed by atoms with Crippen molar-refractivity contribution in [2.45, 2.75) is 31.2 Å². The van der Waals surface area contributed by atoms with Gasteiger partial charge in [-0.05, 0) is 25.0 Å². The fourth-order valence-corrected chi connectivity index (χ4v) is 2.26. The zero-order chi connectivity index (χ0) is 12.8. The number of ether oxygens (including phenoxy) is 1. The molecule has 1 aliphatic carbocycles. The van der Waals surface area contributed by atoms with E-state index in [4.69, 9.17) is 10.5 Å². The minimum atomic E-state index is -0.646. The number of nitrogens with one attached hydrogen (secondary N) is 1. The quantitative estimate of drug-likeness (QED) is 0.812. The molecule has 106 valence electrons. The van der Waals surface area contributed by atoms with Gasteiger partial charge in [0.05, 0.1) is 12.1 Å². The van der Waals surface area contributed by atoms with Gasteiger partial charge in [-0.3, -0.25) is 4.79 Å². The second kappa shape index (κ2) is 7.36. The van der Waals surface area contributed by atoms with E-state index in [1.165, 1.54) is 0 Å². The Morgan fingerprint density at radius 1 is 1.26 bits per heavy atom. The van der Waals surface area contributed by atoms with Gasteiger partial charge in [-0.2, -0.15) is 0 Å². The predicted molar refractivity (Wildman–Crippen MR) is 77.6 cm³/mol. The number of hydrogen-bond donors (Lipinski definition) is 2. The molecule has 1 amide bonds. The van der Waals surface area contributed by atoms with Crippen molar-refractivity contribution in [3.05, 3.63) is 30.3 Å². The van der Waals surface area contributed by atoms with E-state index in [1.807, 2.05) is 30.3 Å². The summed E-state index contributed by atoms with van der Waals surface area (Å²) < 4.78 is 5.50. The Morgan fingerprint density at radius 2 is 1.89 bits per heavy atom. The van der Waals surface area contributed by atoms with Gasteiger partial charge in [0, 0.05) is 0 Å². The van der Waals surface area contributed by atoms with E-state index in [0.29, 0.717) is 13.2 Å². The zero-order valence-corrected chi connectivity index (χ0v) is 11.7. The zero-order valence-electron chi connectivity index (χ0n) is 10.9. The third-order valence-electron chi connectivity index (χ3n) is 3.35. The van der Waals surface area contributed by atoms with Crippen molar-refractivity contribution in [2.75, 3.05) is 13.2 Å². The minimum Gasteiger partial charge on any atom is -0.492 e. The summed E-state index contributed by atoms with van der Waals surface area (Å²) in [6, 6.07) is 9.56. The number of rotatable bonds is 5. The summed E-state index contributed by atoms with van der Waals surface area (Å²) in [7, 11) is 0. The molecule has 1 aliphatic rings. The lowest BCUT2D eigenvalue weighted by Crippen LogP contribution is -2.52. The molecule has 1 aromatic carbocycles. The Kier molecular flexibility index (Phi) is 6.12. The summed E-state index contributed by atoms with van der Waals surface area (Å²) in [5.74, 6) is 0.770. The van der Waals surface area contributed by atoms with E-state index in [2.05, 4.69) is 5.32 Å². The molecule has 4 nitrogen and oxygen atoms in total. The third-order valence-corrected chi connectivity index (χ3v) is 3.35. The molecule has 0 saturated heterocycles. The SMILES string of the molecule is Cl.NC1(C(=O)NCCOc2ccccc2)CCCC1. The van der Waals surface area contributed by atoms with Gasteiger partial charge in [0.2, 0.25) is 5.91 Å². The molecular weight excluding hydrogens is 264 g/mol. The molecule has 0 aliphatic heterocycles. The van der Waals surface area contributed by atoms with Crippen molar-refractivity contribution < 1.29 is 9.53 Å². The Labute approximate surface area is 120 Å². The highest BCUT2D eigenvalue weighted by Crippen LogP contribution is 2.27. The van der Waals surface area contributed by atoms with Crippen LogP contribution in [0.25, 0.3) is 0 Å². The van der Waals surface area contributed by atoms with E-state index in [1.54, 1.807) is 0 Å². The molecule has 0 bridgehead atoms. The first kappa shape index (κ1) is 15.8. The van der Waals surface area contributed by atoms with Crippen molar-refractivity contribution in [3.63, 3.8) is 0 Å². The summed E-state index contributed by atoms with van der Waals surface area (Å²) in [6.07, 6.45) is 3.67. The fraction of sp³-hybridized carbons (Fsp3) is 0.500. The molecule has 19 heavy (non-hydrogen) atoms. The second-order valence-electron chi connectivity index (χ2n) is 4.78. The van der Waals surface area contributed by atoms with Crippen LogP contribution in [0.1, 0.15) is 25.7 Å². The molecule has 0 aromatic heterocycles. The molecule has 0 unspecified atom stereocenters. The van der Waals surface area contributed by atoms with Crippen LogP contribution in [0, 0.1) is 0 Å². The van der Waals surface area contributed by atoms with Crippen molar-refractivity contribution >= 4 is 18.3 Å². The van der Waals surface area contributed by atoms with Gasteiger partial charge in [-0.15, -0.1) is 12.4 Å². The average molecular weight is 285 g/mol. The fourth-order valence-electron chi connectivity index (χ4n) is 2.26. The Morgan fingerprint density at radius 3 is 2.53 bits per heavy atom. The van der Waals surface area contributed by atoms with Crippen LogP contribution in [-0.2, 0) is 4.79 Å². The van der Waals surface area contributed by atoms with Crippen LogP contribution in [-0.4, -0.2) is 24.6 Å². The molecule has 5 heteroatoms. The number of hydrogen-bond acceptors (Lipinski definition) is 3. The van der Waals surface area contributed by atoms with Gasteiger partial charge in [0.25, 0.3) is 0 Å². The second-order valence-corrected chi connectivity index (χ2v) is 4.78. The molecule has 3 N–H and O–H groups in total. The lowest BCUT2D eigenvalue weighted by atomic mass is 9.98. The minimum absolute atomic E-state index is 0. The smallest absolute Gasteiger partial charge is 0.240 e. The van der Waals surface area contributed by atoms with Gasteiger partial charge >= 0.3 is 0 Å². The van der Waals surface area contributed by atoms with Gasteiger partial charge in [-0.25, -0.2) is 0 Å². The summed E-state index contributed by atoms with van der Waals surface area (Å²) in [5.41, 5.74) is 5.40. The van der Waals surface area contributed by atoms with Gasteiger partial charge in [-0.1, -0.05) is 31.0 Å². The van der Waals surface area contributed by atoms with Crippen molar-refractivity contribution in [3.8, 4) is 5.75 Å². The van der Waals surface area contributed by atoms with Crippen LogP contribution >= 0.6 is 12.4 Å². The largest absolute Gasteiger partial charge is 0.492 e. The maximum Gasteiger partial charge on any atom is 0.240 e. The molecular formula is C14H21ClN2O2. The number of carbonyl (C=O) groups is 1. The summed E-state index contributed by atoms with van der Waals surface area (Å²) >= 11 is 0. The molecule has 1 aromatic rings. The average Bonchev–Trinajstić information content (AvgIpc) is 2.84. The molecule has 0 heterocycles. The number of carbonyl (C=O) groups excluding carboxylic acids is 1. The maximum absolute atomic E-state index is 11.9. The van der Waals surface area contributed by atoms with Gasteiger partial charge < -0.3 is 15.8 Å². The molecule has 0 spiro atoms. The van der Waals surface area contributed by atoms with Crippen LogP contribution in [0.2, 0.25) is 0 Å². The van der Waals surface area contributed by atoms with Gasteiger partial charge in [0.15, 0.2) is 0 Å². The van der Waals surface area contributed by atoms with Crippen LogP contribution in [0.4, 0.5) is 0 Å². The summed E-state index contributed by atoms with van der Waals surface area (Å²) in [6.45, 7) is 0.957. The molecule has 1 fully saturated rings. The molecule has 0 radical (unpaired) electrons. The maximum atomic E-state index is 11.9.